The van der Waals surface area contributed by atoms with E-state index in [-0.39, 0.29) is 24.6 Å². The van der Waals surface area contributed by atoms with Crippen molar-refractivity contribution < 1.29 is 17.9 Å². The molecule has 1 heterocycles. The van der Waals surface area contributed by atoms with Gasteiger partial charge in [0.05, 0.1) is 18.8 Å². The fourth-order valence-corrected chi connectivity index (χ4v) is 4.32. The van der Waals surface area contributed by atoms with Gasteiger partial charge in [0.2, 0.25) is 15.9 Å². The van der Waals surface area contributed by atoms with E-state index in [1.165, 1.54) is 0 Å². The molecule has 1 N–H and O–H groups in total. The maximum absolute atomic E-state index is 12.3. The van der Waals surface area contributed by atoms with Crippen molar-refractivity contribution in [2.24, 2.45) is 0 Å². The van der Waals surface area contributed by atoms with Crippen molar-refractivity contribution in [2.45, 2.75) is 39.0 Å². The molecule has 1 aliphatic rings. The monoisotopic (exact) mass is 368 g/mol. The van der Waals surface area contributed by atoms with E-state index in [9.17, 15) is 13.2 Å². The Morgan fingerprint density at radius 2 is 1.76 bits per heavy atom. The van der Waals surface area contributed by atoms with Crippen molar-refractivity contribution in [1.82, 2.24) is 9.62 Å². The van der Waals surface area contributed by atoms with E-state index in [0.717, 1.165) is 37.0 Å². The highest BCUT2D eigenvalue weighted by Crippen LogP contribution is 2.14. The number of nitrogens with one attached hydrogen (secondary N) is 1. The van der Waals surface area contributed by atoms with Crippen LogP contribution in [0.25, 0.3) is 0 Å². The first kappa shape index (κ1) is 19.7. The molecule has 140 valence electrons. The molecule has 1 saturated heterocycles. The molecule has 0 aromatic heterocycles. The Kier molecular flexibility index (Phi) is 7.71. The highest BCUT2D eigenvalue weighted by molar-refractivity contribution is 7.89. The molecule has 0 bridgehead atoms. The number of nitrogens with zero attached hydrogens (tertiary/aromatic N) is 1. The van der Waals surface area contributed by atoms with Gasteiger partial charge in [0.1, 0.15) is 5.75 Å². The van der Waals surface area contributed by atoms with Gasteiger partial charge in [0.15, 0.2) is 0 Å². The lowest BCUT2D eigenvalue weighted by Gasteiger charge is -2.19. The lowest BCUT2D eigenvalue weighted by atomic mass is 10.1. The number of hydrogen-bond donors (Lipinski definition) is 1. The molecule has 0 saturated carbocycles. The highest BCUT2D eigenvalue weighted by Gasteiger charge is 2.22. The molecule has 0 aliphatic carbocycles. The average Bonchev–Trinajstić information content (AvgIpc) is 2.87. The molecule has 1 fully saturated rings. The van der Waals surface area contributed by atoms with Crippen LogP contribution in [0.15, 0.2) is 24.3 Å². The number of carbonyl (C=O) groups is 1. The normalized spacial score (nSPS) is 16.2. The Morgan fingerprint density at radius 1 is 1.12 bits per heavy atom. The lowest BCUT2D eigenvalue weighted by molar-refractivity contribution is -0.120. The summed E-state index contributed by atoms with van der Waals surface area (Å²) in [5, 5.41) is 2.71. The van der Waals surface area contributed by atoms with Crippen LogP contribution in [-0.4, -0.2) is 50.6 Å². The Balaban J connectivity index is 1.75. The average molecular weight is 368 g/mol. The lowest BCUT2D eigenvalue weighted by Crippen LogP contribution is -2.38. The van der Waals surface area contributed by atoms with Crippen LogP contribution in [0.1, 0.15) is 38.2 Å². The molecule has 1 aromatic rings. The third kappa shape index (κ3) is 6.66. The maximum atomic E-state index is 12.3. The molecule has 0 unspecified atom stereocenters. The van der Waals surface area contributed by atoms with Crippen molar-refractivity contribution >= 4 is 15.9 Å². The smallest absolute Gasteiger partial charge is 0.224 e. The van der Waals surface area contributed by atoms with Crippen molar-refractivity contribution in [1.29, 1.82) is 0 Å². The van der Waals surface area contributed by atoms with Crippen LogP contribution in [-0.2, 0) is 21.2 Å². The fraction of sp³-hybridized carbons (Fsp3) is 0.611. The Morgan fingerprint density at radius 3 is 2.36 bits per heavy atom. The number of rotatable bonds is 8. The van der Waals surface area contributed by atoms with Gasteiger partial charge in [-0.05, 0) is 37.5 Å². The summed E-state index contributed by atoms with van der Waals surface area (Å²) in [5.74, 6) is 0.563. The quantitative estimate of drug-likeness (QED) is 0.761. The zero-order chi connectivity index (χ0) is 18.1. The first-order chi connectivity index (χ1) is 12.0. The second kappa shape index (κ2) is 9.77. The van der Waals surface area contributed by atoms with E-state index < -0.39 is 10.0 Å². The minimum Gasteiger partial charge on any atom is -0.494 e. The number of sulfonamides is 1. The van der Waals surface area contributed by atoms with Gasteiger partial charge in [0, 0.05) is 19.6 Å². The molecule has 0 atom stereocenters. The van der Waals surface area contributed by atoms with Crippen LogP contribution in [0.4, 0.5) is 0 Å². The molecule has 2 rings (SSSR count). The van der Waals surface area contributed by atoms with Crippen LogP contribution >= 0.6 is 0 Å². The van der Waals surface area contributed by atoms with Crippen LogP contribution in [0.5, 0.6) is 5.75 Å². The summed E-state index contributed by atoms with van der Waals surface area (Å²) in [7, 11) is -3.29. The molecule has 1 aliphatic heterocycles. The number of benzene rings is 1. The summed E-state index contributed by atoms with van der Waals surface area (Å²) >= 11 is 0. The van der Waals surface area contributed by atoms with E-state index in [1.54, 1.807) is 4.31 Å². The Hall–Kier alpha value is -1.60. The SMILES string of the molecule is CCOc1ccc(CC(=O)NCCS(=O)(=O)N2CCCCCC2)cc1. The van der Waals surface area contributed by atoms with Gasteiger partial charge < -0.3 is 10.1 Å². The summed E-state index contributed by atoms with van der Waals surface area (Å²) < 4.78 is 31.6. The van der Waals surface area contributed by atoms with Crippen molar-refractivity contribution in [3.05, 3.63) is 29.8 Å². The van der Waals surface area contributed by atoms with Gasteiger partial charge in [-0.2, -0.15) is 0 Å². The van der Waals surface area contributed by atoms with Gasteiger partial charge in [0.25, 0.3) is 0 Å². The Labute approximate surface area is 150 Å². The minimum absolute atomic E-state index is 0.0397. The molecule has 6 nitrogen and oxygen atoms in total. The summed E-state index contributed by atoms with van der Waals surface area (Å²) in [5.41, 5.74) is 0.872. The zero-order valence-corrected chi connectivity index (χ0v) is 15.7. The molecule has 25 heavy (non-hydrogen) atoms. The molecular formula is C18H28N2O4S. The molecule has 0 spiro atoms. The standard InChI is InChI=1S/C18H28N2O4S/c1-2-24-17-9-7-16(8-10-17)15-18(21)19-11-14-25(22,23)20-12-5-3-4-6-13-20/h7-10H,2-6,11-15H2,1H3,(H,19,21). The molecule has 1 aromatic carbocycles. The molecule has 0 radical (unpaired) electrons. The van der Waals surface area contributed by atoms with Gasteiger partial charge >= 0.3 is 0 Å². The van der Waals surface area contributed by atoms with Gasteiger partial charge in [-0.15, -0.1) is 0 Å². The number of hydrogen-bond acceptors (Lipinski definition) is 4. The second-order valence-corrected chi connectivity index (χ2v) is 8.32. The number of ether oxygens (including phenoxy) is 1. The van der Waals surface area contributed by atoms with E-state index in [4.69, 9.17) is 4.74 Å². The highest BCUT2D eigenvalue weighted by atomic mass is 32.2. The molecule has 1 amide bonds. The van der Waals surface area contributed by atoms with Crippen LogP contribution in [0.2, 0.25) is 0 Å². The van der Waals surface area contributed by atoms with Crippen LogP contribution < -0.4 is 10.1 Å². The third-order valence-electron chi connectivity index (χ3n) is 4.24. The van der Waals surface area contributed by atoms with Crippen molar-refractivity contribution in [3.63, 3.8) is 0 Å². The summed E-state index contributed by atoms with van der Waals surface area (Å²) in [6.07, 6.45) is 4.25. The summed E-state index contributed by atoms with van der Waals surface area (Å²) in [4.78, 5) is 12.0. The molecular weight excluding hydrogens is 340 g/mol. The van der Waals surface area contributed by atoms with Crippen LogP contribution in [0.3, 0.4) is 0 Å². The largest absolute Gasteiger partial charge is 0.494 e. The van der Waals surface area contributed by atoms with E-state index in [1.807, 2.05) is 31.2 Å². The third-order valence-corrected chi connectivity index (χ3v) is 6.11. The maximum Gasteiger partial charge on any atom is 0.224 e. The first-order valence-electron chi connectivity index (χ1n) is 8.97. The predicted octanol–water partition coefficient (Wildman–Crippen LogP) is 1.95. The molecule has 7 heteroatoms. The van der Waals surface area contributed by atoms with Crippen molar-refractivity contribution in [3.8, 4) is 5.75 Å². The predicted molar refractivity (Wildman–Crippen MR) is 98.2 cm³/mol. The minimum atomic E-state index is -3.29. The summed E-state index contributed by atoms with van der Waals surface area (Å²) in [6, 6.07) is 7.35. The van der Waals surface area contributed by atoms with E-state index in [2.05, 4.69) is 5.32 Å². The number of carbonyl (C=O) groups excluding carboxylic acids is 1. The first-order valence-corrected chi connectivity index (χ1v) is 10.6. The van der Waals surface area contributed by atoms with Crippen molar-refractivity contribution in [2.75, 3.05) is 32.0 Å². The summed E-state index contributed by atoms with van der Waals surface area (Å²) in [6.45, 7) is 3.87. The van der Waals surface area contributed by atoms with E-state index >= 15 is 0 Å². The zero-order valence-electron chi connectivity index (χ0n) is 14.9. The number of amides is 1. The fourth-order valence-electron chi connectivity index (χ4n) is 2.89. The second-order valence-electron chi connectivity index (χ2n) is 6.23. The Bertz CT molecular complexity index is 636. The van der Waals surface area contributed by atoms with E-state index in [0.29, 0.717) is 19.7 Å². The van der Waals surface area contributed by atoms with Gasteiger partial charge in [-0.1, -0.05) is 25.0 Å². The van der Waals surface area contributed by atoms with Crippen LogP contribution in [0, 0.1) is 0 Å². The topological polar surface area (TPSA) is 75.7 Å². The van der Waals surface area contributed by atoms with Gasteiger partial charge in [-0.3, -0.25) is 4.79 Å². The van der Waals surface area contributed by atoms with Gasteiger partial charge in [-0.25, -0.2) is 12.7 Å².